The Labute approximate surface area is 145 Å². The van der Waals surface area contributed by atoms with Crippen LogP contribution in [0.4, 0.5) is 0 Å². The average Bonchev–Trinajstić information content (AvgIpc) is 3.25. The lowest BCUT2D eigenvalue weighted by atomic mass is 9.97. The summed E-state index contributed by atoms with van der Waals surface area (Å²) in [6.45, 7) is 4.25. The maximum atomic E-state index is 9.06. The van der Waals surface area contributed by atoms with E-state index in [1.54, 1.807) is 6.20 Å². The molecule has 0 aliphatic rings. The number of H-pyrrole nitrogens is 2. The molecule has 6 nitrogen and oxygen atoms in total. The van der Waals surface area contributed by atoms with Gasteiger partial charge in [-0.3, -0.25) is 5.10 Å². The third kappa shape index (κ3) is 2.70. The second-order valence-corrected chi connectivity index (χ2v) is 6.11. The van der Waals surface area contributed by atoms with E-state index < -0.39 is 0 Å². The summed E-state index contributed by atoms with van der Waals surface area (Å²) >= 11 is 0. The number of aliphatic hydroxyl groups excluding tert-OH is 1. The number of nitrogens with zero attached hydrogens (tertiary/aromatic N) is 3. The highest BCUT2D eigenvalue weighted by Crippen LogP contribution is 2.31. The van der Waals surface area contributed by atoms with Crippen molar-refractivity contribution in [1.29, 1.82) is 0 Å². The van der Waals surface area contributed by atoms with Gasteiger partial charge >= 0.3 is 0 Å². The zero-order chi connectivity index (χ0) is 17.4. The molecule has 3 aromatic heterocycles. The van der Waals surface area contributed by atoms with Crippen LogP contribution in [-0.4, -0.2) is 36.9 Å². The fourth-order valence-corrected chi connectivity index (χ4v) is 3.23. The summed E-state index contributed by atoms with van der Waals surface area (Å²) in [4.78, 5) is 12.7. The van der Waals surface area contributed by atoms with Crippen molar-refractivity contribution in [2.24, 2.45) is 0 Å². The van der Waals surface area contributed by atoms with Crippen molar-refractivity contribution in [2.45, 2.75) is 20.3 Å². The van der Waals surface area contributed by atoms with Crippen molar-refractivity contribution in [1.82, 2.24) is 25.1 Å². The van der Waals surface area contributed by atoms with Gasteiger partial charge in [-0.1, -0.05) is 24.3 Å². The Morgan fingerprint density at radius 2 is 1.84 bits per heavy atom. The molecule has 0 amide bonds. The molecule has 0 spiro atoms. The Morgan fingerprint density at radius 3 is 2.52 bits per heavy atom. The maximum absolute atomic E-state index is 9.06. The number of rotatable bonds is 4. The lowest BCUT2D eigenvalue weighted by Gasteiger charge is -2.10. The van der Waals surface area contributed by atoms with Crippen molar-refractivity contribution in [3.63, 3.8) is 0 Å². The molecule has 6 heteroatoms. The predicted molar refractivity (Wildman–Crippen MR) is 97.2 cm³/mol. The fourth-order valence-electron chi connectivity index (χ4n) is 3.23. The van der Waals surface area contributed by atoms with Gasteiger partial charge in [0.05, 0.1) is 0 Å². The number of aryl methyl sites for hydroxylation is 2. The summed E-state index contributed by atoms with van der Waals surface area (Å²) in [5.74, 6) is 0.710. The van der Waals surface area contributed by atoms with Crippen LogP contribution in [0.2, 0.25) is 0 Å². The number of aliphatic hydroxyl groups is 1. The van der Waals surface area contributed by atoms with Crippen LogP contribution in [0.25, 0.3) is 33.8 Å². The molecule has 25 heavy (non-hydrogen) atoms. The minimum Gasteiger partial charge on any atom is -0.396 e. The number of imidazole rings is 1. The lowest BCUT2D eigenvalue weighted by Crippen LogP contribution is -1.95. The van der Waals surface area contributed by atoms with E-state index in [9.17, 15) is 0 Å². The van der Waals surface area contributed by atoms with Crippen LogP contribution in [0.1, 0.15) is 16.8 Å². The van der Waals surface area contributed by atoms with Gasteiger partial charge in [-0.25, -0.2) is 9.97 Å². The van der Waals surface area contributed by atoms with E-state index in [1.165, 1.54) is 0 Å². The normalized spacial score (nSPS) is 11.3. The van der Waals surface area contributed by atoms with Gasteiger partial charge in [0.1, 0.15) is 11.2 Å². The molecule has 0 unspecified atom stereocenters. The highest BCUT2D eigenvalue weighted by molar-refractivity contribution is 5.86. The summed E-state index contributed by atoms with van der Waals surface area (Å²) in [5, 5.41) is 16.0. The van der Waals surface area contributed by atoms with Crippen molar-refractivity contribution in [2.75, 3.05) is 6.61 Å². The molecular weight excluding hydrogens is 314 g/mol. The number of aromatic nitrogens is 5. The van der Waals surface area contributed by atoms with Crippen LogP contribution in [-0.2, 0) is 6.42 Å². The van der Waals surface area contributed by atoms with Gasteiger partial charge in [-0.15, -0.1) is 0 Å². The second-order valence-electron chi connectivity index (χ2n) is 6.11. The predicted octanol–water partition coefficient (Wildman–Crippen LogP) is 3.17. The van der Waals surface area contributed by atoms with Crippen molar-refractivity contribution >= 4 is 11.2 Å². The molecule has 0 fully saturated rings. The number of hydrogen-bond donors (Lipinski definition) is 3. The van der Waals surface area contributed by atoms with Crippen LogP contribution in [0.3, 0.4) is 0 Å². The third-order valence-corrected chi connectivity index (χ3v) is 4.44. The summed E-state index contributed by atoms with van der Waals surface area (Å²) in [7, 11) is 0. The first-order valence-electron chi connectivity index (χ1n) is 8.24. The van der Waals surface area contributed by atoms with E-state index in [4.69, 9.17) is 15.1 Å². The average molecular weight is 333 g/mol. The van der Waals surface area contributed by atoms with Crippen molar-refractivity contribution < 1.29 is 5.11 Å². The Balaban J connectivity index is 1.84. The molecule has 0 saturated carbocycles. The minimum atomic E-state index is 0.161. The molecule has 126 valence electrons. The number of aromatic amines is 2. The van der Waals surface area contributed by atoms with Gasteiger partial charge in [-0.05, 0) is 43.0 Å². The number of nitrogens with one attached hydrogen (secondary N) is 2. The van der Waals surface area contributed by atoms with Gasteiger partial charge in [0.15, 0.2) is 11.5 Å². The molecule has 4 aromatic rings. The minimum absolute atomic E-state index is 0.161. The number of pyridine rings is 1. The smallest absolute Gasteiger partial charge is 0.160 e. The van der Waals surface area contributed by atoms with E-state index in [2.05, 4.69) is 34.2 Å². The standard InChI is InChI=1S/C19H19N5O/c1-11-16(14-5-3-13(4-6-14)8-10-25)12(2)21-19-17(11)22-18(23-19)15-7-9-20-24-15/h3-7,9,25H,8,10H2,1-2H3,(H,20,24)(H,21,22,23). The topological polar surface area (TPSA) is 90.5 Å². The number of benzene rings is 1. The van der Waals surface area contributed by atoms with E-state index in [-0.39, 0.29) is 6.61 Å². The lowest BCUT2D eigenvalue weighted by molar-refractivity contribution is 0.299. The molecular formula is C19H19N5O. The third-order valence-electron chi connectivity index (χ3n) is 4.44. The molecule has 0 aliphatic carbocycles. The van der Waals surface area contributed by atoms with Gasteiger partial charge in [0.2, 0.25) is 0 Å². The SMILES string of the molecule is Cc1nc2[nH]c(-c3cc[nH]n3)nc2c(C)c1-c1ccc(CCO)cc1. The monoisotopic (exact) mass is 333 g/mol. The molecule has 0 radical (unpaired) electrons. The molecule has 3 N–H and O–H groups in total. The zero-order valence-electron chi connectivity index (χ0n) is 14.2. The van der Waals surface area contributed by atoms with E-state index in [1.807, 2.05) is 25.1 Å². The first-order valence-corrected chi connectivity index (χ1v) is 8.24. The molecule has 0 aliphatic heterocycles. The molecule has 0 saturated heterocycles. The first-order chi connectivity index (χ1) is 12.2. The Hall–Kier alpha value is -2.99. The molecule has 0 atom stereocenters. The number of fused-ring (bicyclic) bond motifs is 1. The van der Waals surface area contributed by atoms with Gasteiger partial charge in [0.25, 0.3) is 0 Å². The van der Waals surface area contributed by atoms with E-state index in [0.29, 0.717) is 12.2 Å². The maximum Gasteiger partial charge on any atom is 0.160 e. The quantitative estimate of drug-likeness (QED) is 0.535. The van der Waals surface area contributed by atoms with Crippen molar-refractivity contribution in [3.8, 4) is 22.6 Å². The van der Waals surface area contributed by atoms with E-state index in [0.717, 1.165) is 44.8 Å². The second kappa shape index (κ2) is 6.14. The van der Waals surface area contributed by atoms with Crippen LogP contribution in [0, 0.1) is 13.8 Å². The zero-order valence-corrected chi connectivity index (χ0v) is 14.2. The summed E-state index contributed by atoms with van der Waals surface area (Å²) in [6, 6.07) is 10.1. The summed E-state index contributed by atoms with van der Waals surface area (Å²) in [5.41, 5.74) is 7.78. The van der Waals surface area contributed by atoms with Crippen LogP contribution >= 0.6 is 0 Å². The highest BCUT2D eigenvalue weighted by atomic mass is 16.2. The fraction of sp³-hybridized carbons (Fsp3) is 0.211. The molecule has 0 bridgehead atoms. The van der Waals surface area contributed by atoms with Crippen LogP contribution < -0.4 is 0 Å². The Bertz CT molecular complexity index is 1020. The van der Waals surface area contributed by atoms with Gasteiger partial charge < -0.3 is 10.1 Å². The summed E-state index contributed by atoms with van der Waals surface area (Å²) in [6.07, 6.45) is 2.44. The Morgan fingerprint density at radius 1 is 1.04 bits per heavy atom. The molecule has 3 heterocycles. The number of hydrogen-bond acceptors (Lipinski definition) is 4. The summed E-state index contributed by atoms with van der Waals surface area (Å²) < 4.78 is 0. The highest BCUT2D eigenvalue weighted by Gasteiger charge is 2.16. The Kier molecular flexibility index (Phi) is 3.82. The first kappa shape index (κ1) is 15.5. The van der Waals surface area contributed by atoms with Crippen LogP contribution in [0.5, 0.6) is 0 Å². The largest absolute Gasteiger partial charge is 0.396 e. The van der Waals surface area contributed by atoms with Gasteiger partial charge in [-0.2, -0.15) is 5.10 Å². The molecule has 4 rings (SSSR count). The van der Waals surface area contributed by atoms with Crippen LogP contribution in [0.15, 0.2) is 36.5 Å². The molecule has 1 aromatic carbocycles. The van der Waals surface area contributed by atoms with Gasteiger partial charge in [0, 0.05) is 24.1 Å². The van der Waals surface area contributed by atoms with E-state index >= 15 is 0 Å². The van der Waals surface area contributed by atoms with Crippen molar-refractivity contribution in [3.05, 3.63) is 53.3 Å².